The smallest absolute Gasteiger partial charge is 0.260 e. The van der Waals surface area contributed by atoms with E-state index in [0.717, 1.165) is 62.3 Å². The molecule has 1 amide bonds. The van der Waals surface area contributed by atoms with Gasteiger partial charge in [-0.3, -0.25) is 14.6 Å². The molecule has 0 N–H and O–H groups in total. The van der Waals surface area contributed by atoms with Crippen molar-refractivity contribution in [2.75, 3.05) is 64.5 Å². The maximum atomic E-state index is 13.8. The summed E-state index contributed by atoms with van der Waals surface area (Å²) in [6.45, 7) is 5.50. The highest BCUT2D eigenvalue weighted by Crippen LogP contribution is 2.32. The molecule has 2 aliphatic heterocycles. The number of hydrogen-bond acceptors (Lipinski definition) is 8. The van der Waals surface area contributed by atoms with Gasteiger partial charge in [0.1, 0.15) is 0 Å². The van der Waals surface area contributed by atoms with Crippen LogP contribution in [0.25, 0.3) is 10.2 Å². The first kappa shape index (κ1) is 28.4. The second-order valence-corrected chi connectivity index (χ2v) is 13.3. The van der Waals surface area contributed by atoms with Crippen molar-refractivity contribution in [3.8, 4) is 0 Å². The number of thiazole rings is 1. The van der Waals surface area contributed by atoms with E-state index in [0.29, 0.717) is 35.4 Å². The molecule has 210 valence electrons. The predicted molar refractivity (Wildman–Crippen MR) is 153 cm³/mol. The molecule has 0 spiro atoms. The van der Waals surface area contributed by atoms with Crippen molar-refractivity contribution in [2.45, 2.75) is 30.3 Å². The van der Waals surface area contributed by atoms with Crippen molar-refractivity contribution in [1.29, 1.82) is 0 Å². The molecule has 0 aliphatic carbocycles. The summed E-state index contributed by atoms with van der Waals surface area (Å²) in [5.74, 6) is -0.223. The number of rotatable bonds is 10. The number of nitrogens with zero attached hydrogens (tertiary/aromatic N) is 4. The summed E-state index contributed by atoms with van der Waals surface area (Å²) in [6.07, 6.45) is 2.48. The quantitative estimate of drug-likeness (QED) is 0.350. The van der Waals surface area contributed by atoms with Crippen LogP contribution in [0, 0.1) is 0 Å². The second-order valence-electron chi connectivity index (χ2n) is 9.82. The third-order valence-electron chi connectivity index (χ3n) is 7.07. The molecular weight excluding hydrogens is 560 g/mol. The number of morpholine rings is 1. The van der Waals surface area contributed by atoms with Crippen molar-refractivity contribution < 1.29 is 22.7 Å². The number of ether oxygens (including phenoxy) is 2. The minimum Gasteiger partial charge on any atom is -0.379 e. The van der Waals surface area contributed by atoms with E-state index in [1.54, 1.807) is 30.1 Å². The van der Waals surface area contributed by atoms with Gasteiger partial charge in [-0.25, -0.2) is 13.4 Å². The van der Waals surface area contributed by atoms with Crippen LogP contribution in [0.2, 0.25) is 5.02 Å². The van der Waals surface area contributed by atoms with Crippen LogP contribution in [0.4, 0.5) is 5.13 Å². The Morgan fingerprint density at radius 2 is 1.92 bits per heavy atom. The Bertz CT molecular complexity index is 1390. The Balaban J connectivity index is 1.34. The highest BCUT2D eigenvalue weighted by Gasteiger charge is 2.27. The van der Waals surface area contributed by atoms with Gasteiger partial charge in [0, 0.05) is 57.0 Å². The van der Waals surface area contributed by atoms with Crippen LogP contribution in [0.3, 0.4) is 0 Å². The molecule has 39 heavy (non-hydrogen) atoms. The average Bonchev–Trinajstić information content (AvgIpc) is 3.61. The number of anilines is 1. The number of carbonyl (C=O) groups excluding carboxylic acids is 1. The van der Waals surface area contributed by atoms with Crippen LogP contribution in [-0.4, -0.2) is 94.2 Å². The molecule has 1 atom stereocenters. The minimum atomic E-state index is -3.70. The van der Waals surface area contributed by atoms with E-state index >= 15 is 0 Å². The lowest BCUT2D eigenvalue weighted by Crippen LogP contribution is -2.39. The summed E-state index contributed by atoms with van der Waals surface area (Å²) in [6, 6.07) is 11.6. The minimum absolute atomic E-state index is 0.0830. The molecule has 2 aliphatic rings. The highest BCUT2D eigenvalue weighted by atomic mass is 35.5. The number of carbonyl (C=O) groups is 1. The summed E-state index contributed by atoms with van der Waals surface area (Å²) in [5.41, 5.74) is 1.18. The molecule has 5 rings (SSSR count). The van der Waals surface area contributed by atoms with Gasteiger partial charge in [-0.1, -0.05) is 22.9 Å². The van der Waals surface area contributed by atoms with E-state index in [1.165, 1.54) is 27.8 Å². The molecule has 0 saturated carbocycles. The van der Waals surface area contributed by atoms with Gasteiger partial charge < -0.3 is 9.47 Å². The topological polar surface area (TPSA) is 92.3 Å². The molecule has 12 heteroatoms. The SMILES string of the molecule is CN(CC1CCCO1)S(=O)(=O)c1ccc(C(=O)N(CCCN2CCOCC2)c2nc3ccc(Cl)cc3s2)cc1. The fourth-order valence-electron chi connectivity index (χ4n) is 4.84. The summed E-state index contributed by atoms with van der Waals surface area (Å²) < 4.78 is 39.5. The van der Waals surface area contributed by atoms with Crippen LogP contribution >= 0.6 is 22.9 Å². The first-order chi connectivity index (χ1) is 18.8. The van der Waals surface area contributed by atoms with Crippen LogP contribution in [0.1, 0.15) is 29.6 Å². The van der Waals surface area contributed by atoms with E-state index < -0.39 is 10.0 Å². The first-order valence-corrected chi connectivity index (χ1v) is 15.8. The summed E-state index contributed by atoms with van der Waals surface area (Å²) >= 11 is 7.60. The summed E-state index contributed by atoms with van der Waals surface area (Å²) in [4.78, 5) is 22.6. The normalized spacial score (nSPS) is 18.7. The third kappa shape index (κ3) is 6.79. The molecule has 3 heterocycles. The van der Waals surface area contributed by atoms with Gasteiger partial charge in [0.05, 0.1) is 34.4 Å². The zero-order valence-electron chi connectivity index (χ0n) is 21.9. The molecule has 1 unspecified atom stereocenters. The maximum absolute atomic E-state index is 13.8. The molecule has 1 aromatic heterocycles. The predicted octanol–water partition coefficient (Wildman–Crippen LogP) is 4.12. The van der Waals surface area contributed by atoms with Crippen molar-refractivity contribution in [2.24, 2.45) is 0 Å². The first-order valence-electron chi connectivity index (χ1n) is 13.2. The molecular formula is C27H33ClN4O5S2. The van der Waals surface area contributed by atoms with E-state index in [1.807, 2.05) is 12.1 Å². The van der Waals surface area contributed by atoms with Gasteiger partial charge in [-0.15, -0.1) is 0 Å². The Morgan fingerprint density at radius 3 is 2.64 bits per heavy atom. The second kappa shape index (κ2) is 12.6. The number of amides is 1. The third-order valence-corrected chi connectivity index (χ3v) is 10.2. The molecule has 0 bridgehead atoms. The molecule has 0 radical (unpaired) electrons. The van der Waals surface area contributed by atoms with Gasteiger partial charge in [0.25, 0.3) is 5.91 Å². The van der Waals surface area contributed by atoms with Gasteiger partial charge in [-0.2, -0.15) is 4.31 Å². The molecule has 2 saturated heterocycles. The number of benzene rings is 2. The molecule has 2 aromatic carbocycles. The van der Waals surface area contributed by atoms with E-state index in [2.05, 4.69) is 4.90 Å². The number of hydrogen-bond donors (Lipinski definition) is 0. The van der Waals surface area contributed by atoms with Crippen LogP contribution in [0.15, 0.2) is 47.4 Å². The fourth-order valence-corrected chi connectivity index (χ4v) is 7.31. The van der Waals surface area contributed by atoms with Gasteiger partial charge in [-0.05, 0) is 61.7 Å². The largest absolute Gasteiger partial charge is 0.379 e. The zero-order chi connectivity index (χ0) is 27.4. The standard InChI is InChI=1S/C27H33ClN4O5S2/c1-30(19-22-4-2-15-37-22)39(34,35)23-8-5-20(6-9-23)26(33)32(12-3-11-31-13-16-36-17-14-31)27-29-24-10-7-21(28)18-25(24)38-27/h5-10,18,22H,2-4,11-17,19H2,1H3. The number of aromatic nitrogens is 1. The summed E-state index contributed by atoms with van der Waals surface area (Å²) in [7, 11) is -2.14. The van der Waals surface area contributed by atoms with E-state index in [9.17, 15) is 13.2 Å². The Labute approximate surface area is 238 Å². The average molecular weight is 593 g/mol. The van der Waals surface area contributed by atoms with Crippen LogP contribution in [0.5, 0.6) is 0 Å². The molecule has 9 nitrogen and oxygen atoms in total. The van der Waals surface area contributed by atoms with Crippen molar-refractivity contribution >= 4 is 54.2 Å². The lowest BCUT2D eigenvalue weighted by Gasteiger charge is -2.27. The summed E-state index contributed by atoms with van der Waals surface area (Å²) in [5, 5.41) is 1.20. The highest BCUT2D eigenvalue weighted by molar-refractivity contribution is 7.89. The molecule has 2 fully saturated rings. The number of sulfonamides is 1. The molecule has 3 aromatic rings. The van der Waals surface area contributed by atoms with Crippen LogP contribution in [-0.2, 0) is 19.5 Å². The van der Waals surface area contributed by atoms with E-state index in [4.69, 9.17) is 26.1 Å². The number of halogens is 1. The number of likely N-dealkylation sites (N-methyl/N-ethyl adjacent to an activating group) is 1. The van der Waals surface area contributed by atoms with Gasteiger partial charge in [0.2, 0.25) is 10.0 Å². The monoisotopic (exact) mass is 592 g/mol. The Hall–Kier alpha value is -2.12. The van der Waals surface area contributed by atoms with Crippen molar-refractivity contribution in [3.05, 3.63) is 53.1 Å². The van der Waals surface area contributed by atoms with E-state index in [-0.39, 0.29) is 16.9 Å². The Morgan fingerprint density at radius 1 is 1.15 bits per heavy atom. The number of fused-ring (bicyclic) bond motifs is 1. The van der Waals surface area contributed by atoms with Crippen LogP contribution < -0.4 is 4.90 Å². The van der Waals surface area contributed by atoms with Gasteiger partial charge >= 0.3 is 0 Å². The van der Waals surface area contributed by atoms with Gasteiger partial charge in [0.15, 0.2) is 5.13 Å². The zero-order valence-corrected chi connectivity index (χ0v) is 24.3. The van der Waals surface area contributed by atoms with Crippen molar-refractivity contribution in [1.82, 2.24) is 14.2 Å². The fraction of sp³-hybridized carbons (Fsp3) is 0.481. The lowest BCUT2D eigenvalue weighted by atomic mass is 10.2. The Kier molecular flexibility index (Phi) is 9.17. The lowest BCUT2D eigenvalue weighted by molar-refractivity contribution is 0.0376. The maximum Gasteiger partial charge on any atom is 0.260 e. The van der Waals surface area contributed by atoms with Crippen molar-refractivity contribution in [3.63, 3.8) is 0 Å².